The van der Waals surface area contributed by atoms with Gasteiger partial charge in [0.15, 0.2) is 5.82 Å². The van der Waals surface area contributed by atoms with Crippen LogP contribution in [0.15, 0.2) is 36.4 Å². The van der Waals surface area contributed by atoms with Gasteiger partial charge in [0, 0.05) is 17.2 Å². The first-order chi connectivity index (χ1) is 15.9. The van der Waals surface area contributed by atoms with Crippen molar-refractivity contribution >= 4 is 11.8 Å². The fraction of sp³-hybridized carbons (Fsp3) is 0.375. The number of hydrogen-bond donors (Lipinski definition) is 4. The summed E-state index contributed by atoms with van der Waals surface area (Å²) in [5, 5.41) is 15.1. The van der Waals surface area contributed by atoms with Crippen molar-refractivity contribution in [2.45, 2.75) is 50.0 Å². The summed E-state index contributed by atoms with van der Waals surface area (Å²) in [4.78, 5) is 23.9. The molecule has 0 bridgehead atoms. The number of nitrogens with two attached hydrogens (primary N) is 3. The number of hydrogen-bond acceptors (Lipinski definition) is 6. The molecular weight excluding hydrogens is 418 g/mol. The number of nitrogens with zero attached hydrogens (tertiary/aromatic N) is 3. The van der Waals surface area contributed by atoms with E-state index in [0.717, 1.165) is 35.1 Å². The number of tetrazole rings is 1. The van der Waals surface area contributed by atoms with Crippen LogP contribution in [0.5, 0.6) is 0 Å². The van der Waals surface area contributed by atoms with Crippen molar-refractivity contribution in [2.75, 3.05) is 0 Å². The molecule has 0 aliphatic heterocycles. The van der Waals surface area contributed by atoms with Gasteiger partial charge in [-0.05, 0) is 95.0 Å². The van der Waals surface area contributed by atoms with Gasteiger partial charge in [0.2, 0.25) is 11.8 Å². The van der Waals surface area contributed by atoms with Crippen molar-refractivity contribution in [3.05, 3.63) is 75.6 Å². The number of aromatic amines is 1. The van der Waals surface area contributed by atoms with Gasteiger partial charge in [-0.2, -0.15) is 0 Å². The first-order valence-electron chi connectivity index (χ1n) is 11.3. The Morgan fingerprint density at radius 1 is 1.00 bits per heavy atom. The fourth-order valence-electron chi connectivity index (χ4n) is 5.45. The Labute approximate surface area is 191 Å². The van der Waals surface area contributed by atoms with Crippen LogP contribution in [0.2, 0.25) is 0 Å². The Morgan fingerprint density at radius 2 is 1.58 bits per heavy atom. The first-order valence-corrected chi connectivity index (χ1v) is 11.3. The standard InChI is InChI=1S/C24H27N7O2/c25-20(13-2-1-3-13)12-24(23-28-30-31-29-23)18-8-6-16(21(26)32)10-14(18)4-5-15-11-17(22(27)33)7-9-19(15)24/h6-11,13,20H,1-5,12,25H2,(H2,26,32)(H2,27,33)(H,28,29,30,31)/t20-/m0/s1. The molecule has 2 aliphatic carbocycles. The number of amides is 2. The van der Waals surface area contributed by atoms with Crippen LogP contribution in [0.4, 0.5) is 0 Å². The number of rotatable bonds is 6. The van der Waals surface area contributed by atoms with Crippen LogP contribution in [-0.4, -0.2) is 38.5 Å². The molecule has 2 aliphatic rings. The topological polar surface area (TPSA) is 167 Å². The Bertz CT molecular complexity index is 1150. The van der Waals surface area contributed by atoms with Crippen LogP contribution in [0.25, 0.3) is 0 Å². The smallest absolute Gasteiger partial charge is 0.248 e. The quantitative estimate of drug-likeness (QED) is 0.447. The lowest BCUT2D eigenvalue weighted by Crippen LogP contribution is -2.44. The van der Waals surface area contributed by atoms with E-state index in [0.29, 0.717) is 42.1 Å². The van der Waals surface area contributed by atoms with Gasteiger partial charge in [-0.15, -0.1) is 5.10 Å². The lowest BCUT2D eigenvalue weighted by Gasteiger charge is -2.40. The SMILES string of the molecule is NC(=O)c1ccc2c(c1)CCc1cc(C(N)=O)ccc1C2(C[C@H](N)C1CCC1)c1nnn[nH]1. The highest BCUT2D eigenvalue weighted by atomic mass is 16.1. The van der Waals surface area contributed by atoms with E-state index in [1.54, 1.807) is 12.1 Å². The van der Waals surface area contributed by atoms with E-state index < -0.39 is 17.2 Å². The van der Waals surface area contributed by atoms with Gasteiger partial charge in [0.05, 0.1) is 5.41 Å². The molecule has 0 unspecified atom stereocenters. The first kappa shape index (κ1) is 21.3. The van der Waals surface area contributed by atoms with Crippen molar-refractivity contribution in [1.29, 1.82) is 0 Å². The molecule has 9 heteroatoms. The highest BCUT2D eigenvalue weighted by Gasteiger charge is 2.46. The van der Waals surface area contributed by atoms with Crippen LogP contribution in [0.3, 0.4) is 0 Å². The molecule has 1 aromatic heterocycles. The molecule has 3 aromatic rings. The average Bonchev–Trinajstić information content (AvgIpc) is 3.26. The van der Waals surface area contributed by atoms with E-state index in [2.05, 4.69) is 20.6 Å². The van der Waals surface area contributed by atoms with Gasteiger partial charge in [-0.3, -0.25) is 9.59 Å². The largest absolute Gasteiger partial charge is 0.366 e. The second kappa shape index (κ2) is 8.08. The number of aryl methyl sites for hydroxylation is 2. The number of carbonyl (C=O) groups is 2. The molecule has 0 saturated heterocycles. The monoisotopic (exact) mass is 445 g/mol. The minimum Gasteiger partial charge on any atom is -0.366 e. The molecule has 1 atom stereocenters. The van der Waals surface area contributed by atoms with Crippen LogP contribution in [0.1, 0.15) is 74.5 Å². The van der Waals surface area contributed by atoms with E-state index >= 15 is 0 Å². The predicted octanol–water partition coefficient (Wildman–Crippen LogP) is 1.35. The Kier molecular flexibility index (Phi) is 5.20. The Hall–Kier alpha value is -3.59. The maximum absolute atomic E-state index is 11.9. The number of carbonyl (C=O) groups excluding carboxylic acids is 2. The zero-order valence-corrected chi connectivity index (χ0v) is 18.3. The van der Waals surface area contributed by atoms with Crippen molar-refractivity contribution in [3.8, 4) is 0 Å². The van der Waals surface area contributed by atoms with E-state index in [1.165, 1.54) is 6.42 Å². The average molecular weight is 446 g/mol. The van der Waals surface area contributed by atoms with Crippen LogP contribution in [-0.2, 0) is 18.3 Å². The minimum atomic E-state index is -0.772. The maximum atomic E-state index is 11.9. The third-order valence-corrected chi connectivity index (χ3v) is 7.41. The molecule has 2 aromatic carbocycles. The number of benzene rings is 2. The minimum absolute atomic E-state index is 0.0747. The van der Waals surface area contributed by atoms with Crippen LogP contribution < -0.4 is 17.2 Å². The molecule has 33 heavy (non-hydrogen) atoms. The van der Waals surface area contributed by atoms with Crippen molar-refractivity contribution in [1.82, 2.24) is 20.6 Å². The second-order valence-corrected chi connectivity index (χ2v) is 9.19. The van der Waals surface area contributed by atoms with Gasteiger partial charge in [0.1, 0.15) is 0 Å². The van der Waals surface area contributed by atoms with Gasteiger partial charge >= 0.3 is 0 Å². The van der Waals surface area contributed by atoms with E-state index in [1.807, 2.05) is 24.3 Å². The second-order valence-electron chi connectivity index (χ2n) is 9.19. The van der Waals surface area contributed by atoms with Crippen LogP contribution in [0, 0.1) is 5.92 Å². The lowest BCUT2D eigenvalue weighted by molar-refractivity contribution is 0.0991. The van der Waals surface area contributed by atoms with Crippen molar-refractivity contribution < 1.29 is 9.59 Å². The predicted molar refractivity (Wildman–Crippen MR) is 121 cm³/mol. The van der Waals surface area contributed by atoms with E-state index in [9.17, 15) is 9.59 Å². The highest BCUT2D eigenvalue weighted by molar-refractivity contribution is 5.94. The zero-order chi connectivity index (χ0) is 23.2. The molecule has 7 N–H and O–H groups in total. The summed E-state index contributed by atoms with van der Waals surface area (Å²) in [5.74, 6) is 0.0605. The third-order valence-electron chi connectivity index (χ3n) is 7.41. The van der Waals surface area contributed by atoms with Gasteiger partial charge in [-0.25, -0.2) is 5.10 Å². The Morgan fingerprint density at radius 3 is 2.00 bits per heavy atom. The summed E-state index contributed by atoms with van der Waals surface area (Å²) in [7, 11) is 0. The van der Waals surface area contributed by atoms with Gasteiger partial charge < -0.3 is 17.2 Å². The molecule has 1 heterocycles. The molecule has 0 radical (unpaired) electrons. The van der Waals surface area contributed by atoms with Crippen molar-refractivity contribution in [3.63, 3.8) is 0 Å². The molecule has 0 spiro atoms. The number of fused-ring (bicyclic) bond motifs is 2. The summed E-state index contributed by atoms with van der Waals surface area (Å²) in [5.41, 5.74) is 22.0. The summed E-state index contributed by atoms with van der Waals surface area (Å²) >= 11 is 0. The Balaban J connectivity index is 1.79. The molecule has 9 nitrogen and oxygen atoms in total. The molecule has 5 rings (SSSR count). The highest BCUT2D eigenvalue weighted by Crippen LogP contribution is 2.48. The molecular formula is C24H27N7O2. The van der Waals surface area contributed by atoms with Crippen molar-refractivity contribution in [2.24, 2.45) is 23.1 Å². The summed E-state index contributed by atoms with van der Waals surface area (Å²) in [6.45, 7) is 0. The number of H-pyrrole nitrogens is 1. The number of nitrogens with one attached hydrogen (secondary N) is 1. The van der Waals surface area contributed by atoms with Gasteiger partial charge in [0.25, 0.3) is 0 Å². The molecule has 170 valence electrons. The van der Waals surface area contributed by atoms with E-state index in [-0.39, 0.29) is 6.04 Å². The van der Waals surface area contributed by atoms with Gasteiger partial charge in [-0.1, -0.05) is 18.6 Å². The summed E-state index contributed by atoms with van der Waals surface area (Å²) < 4.78 is 0. The van der Waals surface area contributed by atoms with Crippen LogP contribution >= 0.6 is 0 Å². The zero-order valence-electron chi connectivity index (χ0n) is 18.3. The molecule has 1 fully saturated rings. The lowest BCUT2D eigenvalue weighted by atomic mass is 9.64. The summed E-state index contributed by atoms with van der Waals surface area (Å²) in [6, 6.07) is 11.0. The fourth-order valence-corrected chi connectivity index (χ4v) is 5.45. The maximum Gasteiger partial charge on any atom is 0.248 e. The third kappa shape index (κ3) is 3.48. The molecule has 1 saturated carbocycles. The van der Waals surface area contributed by atoms with E-state index in [4.69, 9.17) is 17.2 Å². The normalized spacial score (nSPS) is 17.8. The number of aromatic nitrogens is 4. The number of primary amides is 2. The summed E-state index contributed by atoms with van der Waals surface area (Å²) in [6.07, 6.45) is 5.30. The molecule has 2 amide bonds.